The van der Waals surface area contributed by atoms with Crippen LogP contribution in [0.2, 0.25) is 0 Å². The summed E-state index contributed by atoms with van der Waals surface area (Å²) < 4.78 is 13.3. The van der Waals surface area contributed by atoms with Crippen LogP contribution in [0.25, 0.3) is 22.4 Å². The minimum Gasteiger partial charge on any atom is -0.388 e. The van der Waals surface area contributed by atoms with Crippen molar-refractivity contribution in [1.29, 1.82) is 5.26 Å². The van der Waals surface area contributed by atoms with Gasteiger partial charge >= 0.3 is 0 Å². The van der Waals surface area contributed by atoms with Gasteiger partial charge in [-0.1, -0.05) is 71.2 Å². The quantitative estimate of drug-likeness (QED) is 0.377. The third-order valence-corrected chi connectivity index (χ3v) is 9.33. The molecule has 1 aromatic heterocycles. The molecule has 170 valence electrons. The Balaban J connectivity index is 1.77. The van der Waals surface area contributed by atoms with Gasteiger partial charge in [0.15, 0.2) is 0 Å². The summed E-state index contributed by atoms with van der Waals surface area (Å²) in [5.74, 6) is 0.358. The second-order valence-corrected chi connectivity index (χ2v) is 11.8. The molecule has 3 atom stereocenters. The molecule has 4 nitrogen and oxygen atoms in total. The smallest absolute Gasteiger partial charge is 0.115 e. The molecule has 0 radical (unpaired) electrons. The Morgan fingerprint density at radius 2 is 1.91 bits per heavy atom. The summed E-state index contributed by atoms with van der Waals surface area (Å²) >= 11 is 4.87. The molecule has 1 N–H and O–H groups in total. The second kappa shape index (κ2) is 10.5. The highest BCUT2D eigenvalue weighted by molar-refractivity contribution is 9.10. The summed E-state index contributed by atoms with van der Waals surface area (Å²) in [7, 11) is -1.11. The van der Waals surface area contributed by atoms with Crippen LogP contribution in [0.5, 0.6) is 0 Å². The van der Waals surface area contributed by atoms with Gasteiger partial charge in [0.25, 0.3) is 0 Å². The number of rotatable bonds is 6. The third-order valence-electron chi connectivity index (χ3n) is 6.11. The number of aliphatic hydroxyl groups is 1. The van der Waals surface area contributed by atoms with E-state index in [1.54, 1.807) is 6.26 Å². The van der Waals surface area contributed by atoms with Crippen LogP contribution in [0, 0.1) is 11.3 Å². The molecular formula is C26H25BrN2O2S2. The van der Waals surface area contributed by atoms with Gasteiger partial charge in [0.2, 0.25) is 0 Å². The molecule has 0 spiro atoms. The number of halogens is 1. The van der Waals surface area contributed by atoms with Gasteiger partial charge in [0.1, 0.15) is 11.1 Å². The number of pyridine rings is 1. The molecule has 0 amide bonds. The van der Waals surface area contributed by atoms with Crippen molar-refractivity contribution in [3.05, 3.63) is 70.7 Å². The third kappa shape index (κ3) is 5.41. The highest BCUT2D eigenvalue weighted by atomic mass is 79.9. The largest absolute Gasteiger partial charge is 0.388 e. The SMILES string of the molecule is CS(=O)C1CCCCC1(O)CSc1nc(-c2ccc(Br)cc2)cc(-c2ccccc2)c1C#N. The minimum atomic E-state index is -1.11. The number of hydrogen-bond acceptors (Lipinski definition) is 5. The number of nitrogens with zero attached hydrogens (tertiary/aromatic N) is 2. The van der Waals surface area contributed by atoms with E-state index in [0.29, 0.717) is 22.8 Å². The lowest BCUT2D eigenvalue weighted by molar-refractivity contribution is 0.0326. The molecule has 0 aliphatic heterocycles. The van der Waals surface area contributed by atoms with E-state index in [4.69, 9.17) is 4.98 Å². The molecule has 1 heterocycles. The van der Waals surface area contributed by atoms with Gasteiger partial charge in [-0.3, -0.25) is 4.21 Å². The molecule has 4 rings (SSSR count). The molecule has 0 saturated heterocycles. The molecule has 33 heavy (non-hydrogen) atoms. The highest BCUT2D eigenvalue weighted by Crippen LogP contribution is 2.39. The minimum absolute atomic E-state index is 0.257. The maximum absolute atomic E-state index is 12.3. The Labute approximate surface area is 210 Å². The first-order valence-corrected chi connectivity index (χ1v) is 14.3. The fourth-order valence-electron chi connectivity index (χ4n) is 4.37. The van der Waals surface area contributed by atoms with Crippen molar-refractivity contribution < 1.29 is 9.32 Å². The van der Waals surface area contributed by atoms with Gasteiger partial charge in [-0.05, 0) is 36.6 Å². The van der Waals surface area contributed by atoms with Gasteiger partial charge < -0.3 is 5.11 Å². The Kier molecular flexibility index (Phi) is 7.70. The average Bonchev–Trinajstić information content (AvgIpc) is 2.83. The van der Waals surface area contributed by atoms with Crippen molar-refractivity contribution in [2.24, 2.45) is 0 Å². The first-order valence-electron chi connectivity index (χ1n) is 10.9. The second-order valence-electron chi connectivity index (χ2n) is 8.35. The summed E-state index contributed by atoms with van der Waals surface area (Å²) in [6, 6.07) is 22.1. The van der Waals surface area contributed by atoms with Crippen LogP contribution in [-0.2, 0) is 10.8 Å². The summed E-state index contributed by atoms with van der Waals surface area (Å²) in [6.45, 7) is 0. The Hall–Kier alpha value is -1.98. The van der Waals surface area contributed by atoms with E-state index in [9.17, 15) is 14.6 Å². The van der Waals surface area contributed by atoms with Gasteiger partial charge in [-0.2, -0.15) is 5.26 Å². The molecule has 3 aromatic rings. The van der Waals surface area contributed by atoms with Crippen molar-refractivity contribution in [3.8, 4) is 28.5 Å². The molecular weight excluding hydrogens is 516 g/mol. The number of benzene rings is 2. The number of thioether (sulfide) groups is 1. The lowest BCUT2D eigenvalue weighted by Crippen LogP contribution is -2.49. The zero-order valence-corrected chi connectivity index (χ0v) is 21.5. The Morgan fingerprint density at radius 1 is 1.18 bits per heavy atom. The Bertz CT molecular complexity index is 1200. The van der Waals surface area contributed by atoms with Crippen LogP contribution < -0.4 is 0 Å². The van der Waals surface area contributed by atoms with Gasteiger partial charge in [0, 0.05) is 38.4 Å². The predicted octanol–water partition coefficient (Wildman–Crippen LogP) is 6.19. The lowest BCUT2D eigenvalue weighted by atomic mass is 9.86. The Morgan fingerprint density at radius 3 is 2.58 bits per heavy atom. The fraction of sp³-hybridized carbons (Fsp3) is 0.308. The van der Waals surface area contributed by atoms with Crippen molar-refractivity contribution in [1.82, 2.24) is 4.98 Å². The van der Waals surface area contributed by atoms with E-state index in [2.05, 4.69) is 22.0 Å². The molecule has 7 heteroatoms. The zero-order valence-electron chi connectivity index (χ0n) is 18.3. The molecule has 1 aliphatic rings. The standard InChI is InChI=1S/C26H25BrN2O2S2/c1-33(31)24-9-5-6-14-26(24,30)17-32-25-22(16-28)21(18-7-3-2-4-8-18)15-23(29-25)19-10-12-20(27)13-11-19/h2-4,7-8,10-13,15,24,30H,5-6,9,14,17H2,1H3. The molecule has 1 saturated carbocycles. The van der Waals surface area contributed by atoms with Crippen LogP contribution in [0.3, 0.4) is 0 Å². The van der Waals surface area contributed by atoms with Crippen LogP contribution in [0.15, 0.2) is 70.2 Å². The van der Waals surface area contributed by atoms with Crippen LogP contribution in [0.1, 0.15) is 31.2 Å². The van der Waals surface area contributed by atoms with E-state index >= 15 is 0 Å². The highest BCUT2D eigenvalue weighted by Gasteiger charge is 2.41. The van der Waals surface area contributed by atoms with E-state index in [0.717, 1.165) is 46.1 Å². The van der Waals surface area contributed by atoms with E-state index in [-0.39, 0.29) is 5.25 Å². The van der Waals surface area contributed by atoms with Crippen LogP contribution in [0.4, 0.5) is 0 Å². The zero-order chi connectivity index (χ0) is 23.4. The van der Waals surface area contributed by atoms with Crippen LogP contribution >= 0.6 is 27.7 Å². The van der Waals surface area contributed by atoms with Gasteiger partial charge in [-0.25, -0.2) is 4.98 Å². The normalized spacial score (nSPS) is 21.3. The maximum atomic E-state index is 12.3. The van der Waals surface area contributed by atoms with Gasteiger partial charge in [-0.15, -0.1) is 11.8 Å². The number of aromatic nitrogens is 1. The van der Waals surface area contributed by atoms with Crippen molar-refractivity contribution >= 4 is 38.5 Å². The molecule has 0 bridgehead atoms. The van der Waals surface area contributed by atoms with E-state index in [1.165, 1.54) is 11.8 Å². The van der Waals surface area contributed by atoms with Crippen LogP contribution in [-0.4, -0.2) is 37.2 Å². The average molecular weight is 542 g/mol. The maximum Gasteiger partial charge on any atom is 0.115 e. The van der Waals surface area contributed by atoms with Crippen molar-refractivity contribution in [3.63, 3.8) is 0 Å². The first kappa shape index (κ1) is 24.2. The lowest BCUT2D eigenvalue weighted by Gasteiger charge is -2.38. The predicted molar refractivity (Wildman–Crippen MR) is 140 cm³/mol. The molecule has 2 aromatic carbocycles. The summed E-state index contributed by atoms with van der Waals surface area (Å²) in [5, 5.41) is 21.8. The summed E-state index contributed by atoms with van der Waals surface area (Å²) in [6.07, 6.45) is 4.94. The summed E-state index contributed by atoms with van der Waals surface area (Å²) in [5.41, 5.74) is 2.96. The van der Waals surface area contributed by atoms with Crippen molar-refractivity contribution in [2.45, 2.75) is 41.6 Å². The van der Waals surface area contributed by atoms with Crippen molar-refractivity contribution in [2.75, 3.05) is 12.0 Å². The first-order chi connectivity index (χ1) is 15.9. The monoisotopic (exact) mass is 540 g/mol. The van der Waals surface area contributed by atoms with E-state index < -0.39 is 16.4 Å². The van der Waals surface area contributed by atoms with E-state index in [1.807, 2.05) is 60.7 Å². The topological polar surface area (TPSA) is 74.0 Å². The number of nitriles is 1. The molecule has 1 aliphatic carbocycles. The molecule has 1 fully saturated rings. The fourth-order valence-corrected chi connectivity index (χ4v) is 7.25. The summed E-state index contributed by atoms with van der Waals surface area (Å²) in [4.78, 5) is 4.85. The molecule has 3 unspecified atom stereocenters. The van der Waals surface area contributed by atoms with Gasteiger partial charge in [0.05, 0.1) is 22.1 Å². The number of hydrogen-bond donors (Lipinski definition) is 1.